The van der Waals surface area contributed by atoms with Gasteiger partial charge in [-0.1, -0.05) is 22.6 Å². The Morgan fingerprint density at radius 1 is 1.54 bits per heavy atom. The summed E-state index contributed by atoms with van der Waals surface area (Å²) < 4.78 is 0. The first-order valence-corrected chi connectivity index (χ1v) is 3.68. The van der Waals surface area contributed by atoms with Gasteiger partial charge in [0.25, 0.3) is 0 Å². The molecule has 0 fully saturated rings. The van der Waals surface area contributed by atoms with Crippen LogP contribution in [0.4, 0.5) is 0 Å². The maximum atomic E-state index is 7.94. The molecule has 0 bridgehead atoms. The third kappa shape index (κ3) is 3.43. The highest BCUT2D eigenvalue weighted by atomic mass is 35.5. The molecule has 0 saturated carbocycles. The summed E-state index contributed by atoms with van der Waals surface area (Å²) in [5.74, 6) is 5.55. The standard InChI is InChI=1S/C7H4ClN5/c8-6-4-10-7(11-5-6)2-1-3-12-13-9/h4-5H,3H2. The van der Waals surface area contributed by atoms with E-state index in [1.54, 1.807) is 0 Å². The average Bonchev–Trinajstić information content (AvgIpc) is 2.15. The number of hydrogen-bond acceptors (Lipinski definition) is 3. The fraction of sp³-hybridized carbons (Fsp3) is 0.143. The molecule has 1 aromatic rings. The van der Waals surface area contributed by atoms with Gasteiger partial charge in [-0.2, -0.15) is 0 Å². The summed E-state index contributed by atoms with van der Waals surface area (Å²) in [6, 6.07) is 0. The van der Waals surface area contributed by atoms with Gasteiger partial charge in [-0.3, -0.25) is 0 Å². The van der Waals surface area contributed by atoms with Crippen molar-refractivity contribution in [1.29, 1.82) is 0 Å². The Morgan fingerprint density at radius 3 is 2.85 bits per heavy atom. The Kier molecular flexibility index (Phi) is 3.58. The minimum atomic E-state index is 0.114. The highest BCUT2D eigenvalue weighted by molar-refractivity contribution is 6.30. The van der Waals surface area contributed by atoms with Crippen LogP contribution >= 0.6 is 11.6 Å². The summed E-state index contributed by atoms with van der Waals surface area (Å²) in [6.45, 7) is 0.114. The maximum absolute atomic E-state index is 7.94. The van der Waals surface area contributed by atoms with Crippen LogP contribution in [0.2, 0.25) is 5.02 Å². The molecule has 0 atom stereocenters. The van der Waals surface area contributed by atoms with Gasteiger partial charge in [0.05, 0.1) is 24.0 Å². The van der Waals surface area contributed by atoms with Crippen molar-refractivity contribution in [2.45, 2.75) is 0 Å². The molecule has 1 rings (SSSR count). The summed E-state index contributed by atoms with van der Waals surface area (Å²) >= 11 is 5.56. The molecule has 1 aromatic heterocycles. The van der Waals surface area contributed by atoms with Gasteiger partial charge in [-0.05, 0) is 11.5 Å². The lowest BCUT2D eigenvalue weighted by Gasteiger charge is -1.87. The third-order valence-corrected chi connectivity index (χ3v) is 1.23. The van der Waals surface area contributed by atoms with Crippen LogP contribution in [0.25, 0.3) is 10.4 Å². The predicted octanol–water partition coefficient (Wildman–Crippen LogP) is 1.79. The molecule has 0 aliphatic carbocycles. The molecule has 0 amide bonds. The fourth-order valence-corrected chi connectivity index (χ4v) is 0.660. The van der Waals surface area contributed by atoms with Crippen LogP contribution in [0.3, 0.4) is 0 Å². The molecule has 5 nitrogen and oxygen atoms in total. The van der Waals surface area contributed by atoms with E-state index >= 15 is 0 Å². The van der Waals surface area contributed by atoms with Crippen LogP contribution < -0.4 is 0 Å². The summed E-state index contributed by atoms with van der Waals surface area (Å²) in [4.78, 5) is 10.2. The van der Waals surface area contributed by atoms with E-state index in [2.05, 4.69) is 31.8 Å². The van der Waals surface area contributed by atoms with Crippen LogP contribution in [0.5, 0.6) is 0 Å². The molecule has 64 valence electrons. The zero-order valence-electron chi connectivity index (χ0n) is 6.48. The van der Waals surface area contributed by atoms with Gasteiger partial charge >= 0.3 is 0 Å². The molecule has 1 heterocycles. The van der Waals surface area contributed by atoms with E-state index in [9.17, 15) is 0 Å². The summed E-state index contributed by atoms with van der Waals surface area (Å²) in [6.07, 6.45) is 2.90. The number of azide groups is 1. The largest absolute Gasteiger partial charge is 0.228 e. The van der Waals surface area contributed by atoms with Crippen molar-refractivity contribution in [1.82, 2.24) is 9.97 Å². The number of aromatic nitrogens is 2. The van der Waals surface area contributed by atoms with E-state index in [-0.39, 0.29) is 6.54 Å². The van der Waals surface area contributed by atoms with Gasteiger partial charge in [0.2, 0.25) is 5.82 Å². The number of nitrogens with zero attached hydrogens (tertiary/aromatic N) is 5. The Bertz CT molecular complexity index is 382. The smallest absolute Gasteiger partial charge is 0.204 e. The lowest BCUT2D eigenvalue weighted by atomic mass is 10.5. The van der Waals surface area contributed by atoms with E-state index in [4.69, 9.17) is 17.1 Å². The van der Waals surface area contributed by atoms with Crippen LogP contribution in [-0.2, 0) is 0 Å². The van der Waals surface area contributed by atoms with Crippen molar-refractivity contribution in [3.8, 4) is 11.8 Å². The molecule has 0 unspecified atom stereocenters. The summed E-state index contributed by atoms with van der Waals surface area (Å²) in [7, 11) is 0. The zero-order valence-corrected chi connectivity index (χ0v) is 7.23. The molecule has 0 aliphatic rings. The second kappa shape index (κ2) is 4.99. The Balaban J connectivity index is 2.66. The SMILES string of the molecule is [N-]=[N+]=NCC#Cc1ncc(Cl)cn1. The predicted molar refractivity (Wildman–Crippen MR) is 47.9 cm³/mol. The van der Waals surface area contributed by atoms with Gasteiger partial charge in [-0.25, -0.2) is 9.97 Å². The van der Waals surface area contributed by atoms with Gasteiger partial charge in [0.15, 0.2) is 0 Å². The molecule has 13 heavy (non-hydrogen) atoms. The lowest BCUT2D eigenvalue weighted by molar-refractivity contribution is 1.12. The second-order valence-electron chi connectivity index (χ2n) is 1.92. The van der Waals surface area contributed by atoms with Gasteiger partial charge in [0.1, 0.15) is 0 Å². The second-order valence-corrected chi connectivity index (χ2v) is 2.35. The first kappa shape index (κ1) is 9.33. The van der Waals surface area contributed by atoms with Crippen molar-refractivity contribution >= 4 is 11.6 Å². The molecule has 0 aromatic carbocycles. The van der Waals surface area contributed by atoms with Crippen LogP contribution in [0.1, 0.15) is 5.82 Å². The number of hydrogen-bond donors (Lipinski definition) is 0. The van der Waals surface area contributed by atoms with Crippen molar-refractivity contribution in [3.63, 3.8) is 0 Å². The van der Waals surface area contributed by atoms with Crippen LogP contribution in [0, 0.1) is 11.8 Å². The van der Waals surface area contributed by atoms with Gasteiger partial charge in [-0.15, -0.1) is 0 Å². The molecule has 0 spiro atoms. The van der Waals surface area contributed by atoms with Crippen LogP contribution in [0.15, 0.2) is 17.5 Å². The number of halogens is 1. The minimum absolute atomic E-state index is 0.114. The maximum Gasteiger partial charge on any atom is 0.204 e. The lowest BCUT2D eigenvalue weighted by Crippen LogP contribution is -1.86. The molecule has 0 radical (unpaired) electrons. The minimum Gasteiger partial charge on any atom is -0.228 e. The van der Waals surface area contributed by atoms with E-state index in [1.807, 2.05) is 0 Å². The highest BCUT2D eigenvalue weighted by Gasteiger charge is 1.88. The Labute approximate surface area is 79.4 Å². The summed E-state index contributed by atoms with van der Waals surface area (Å²) in [5.41, 5.74) is 7.94. The Hall–Kier alpha value is -1.76. The van der Waals surface area contributed by atoms with E-state index < -0.39 is 0 Å². The zero-order chi connectivity index (χ0) is 9.52. The van der Waals surface area contributed by atoms with Gasteiger partial charge in [0, 0.05) is 4.91 Å². The molecule has 0 N–H and O–H groups in total. The van der Waals surface area contributed by atoms with Crippen LogP contribution in [-0.4, -0.2) is 16.5 Å². The number of rotatable bonds is 1. The molecular formula is C7H4ClN5. The summed E-state index contributed by atoms with van der Waals surface area (Å²) in [5, 5.41) is 3.69. The molecule has 6 heteroatoms. The monoisotopic (exact) mass is 193 g/mol. The topological polar surface area (TPSA) is 74.5 Å². The molecule has 0 aliphatic heterocycles. The van der Waals surface area contributed by atoms with Crippen molar-refractivity contribution in [3.05, 3.63) is 33.7 Å². The fourth-order valence-electron chi connectivity index (χ4n) is 0.562. The van der Waals surface area contributed by atoms with E-state index in [0.717, 1.165) is 0 Å². The van der Waals surface area contributed by atoms with Crippen molar-refractivity contribution < 1.29 is 0 Å². The van der Waals surface area contributed by atoms with E-state index in [0.29, 0.717) is 10.8 Å². The third-order valence-electron chi connectivity index (χ3n) is 1.03. The Morgan fingerprint density at radius 2 is 2.23 bits per heavy atom. The van der Waals surface area contributed by atoms with Crippen molar-refractivity contribution in [2.75, 3.05) is 6.54 Å². The quantitative estimate of drug-likeness (QED) is 0.295. The molecule has 0 saturated heterocycles. The van der Waals surface area contributed by atoms with E-state index in [1.165, 1.54) is 12.4 Å². The normalized spacial score (nSPS) is 8.08. The first-order chi connectivity index (χ1) is 6.33. The van der Waals surface area contributed by atoms with Crippen molar-refractivity contribution in [2.24, 2.45) is 5.11 Å². The van der Waals surface area contributed by atoms with Gasteiger partial charge < -0.3 is 0 Å². The molecular weight excluding hydrogens is 190 g/mol. The average molecular weight is 194 g/mol. The first-order valence-electron chi connectivity index (χ1n) is 3.30. The highest BCUT2D eigenvalue weighted by Crippen LogP contribution is 2.01.